The van der Waals surface area contributed by atoms with Crippen LogP contribution in [0.1, 0.15) is 5.56 Å². The van der Waals surface area contributed by atoms with Crippen LogP contribution in [0.15, 0.2) is 63.8 Å². The van der Waals surface area contributed by atoms with Gasteiger partial charge in [-0.15, -0.1) is 0 Å². The number of rotatable bonds is 9. The number of phenols is 4. The van der Waals surface area contributed by atoms with Gasteiger partial charge in [0.25, 0.3) is 0 Å². The molecule has 5 rings (SSSR count). The molecule has 5 atom stereocenters. The number of aromatic hydroxyl groups is 4. The Morgan fingerprint density at radius 1 is 0.915 bits per heavy atom. The van der Waals surface area contributed by atoms with E-state index in [1.807, 2.05) is 0 Å². The SMILES string of the molecule is COc1cc(/C=C/C(=O)O[C@@H]2[C@H](Oc3c(-c4ccc(O)cc4)oc4c(O)c(OC)cc(O)c4c3=O)O[C@H](CO)[C@@H](O)[C@@H]2O)ccc1O. The Kier molecular flexibility index (Phi) is 9.44. The van der Waals surface area contributed by atoms with Crippen molar-refractivity contribution in [2.24, 2.45) is 0 Å². The van der Waals surface area contributed by atoms with E-state index in [1.165, 1.54) is 62.8 Å². The van der Waals surface area contributed by atoms with E-state index in [9.17, 15) is 45.3 Å². The van der Waals surface area contributed by atoms with Crippen LogP contribution in [0.4, 0.5) is 0 Å². The average Bonchev–Trinajstić information content (AvgIpc) is 3.06. The van der Waals surface area contributed by atoms with E-state index >= 15 is 0 Å². The van der Waals surface area contributed by atoms with Crippen molar-refractivity contribution in [1.82, 2.24) is 0 Å². The van der Waals surface area contributed by atoms with E-state index in [0.29, 0.717) is 5.56 Å². The largest absolute Gasteiger partial charge is 0.508 e. The summed E-state index contributed by atoms with van der Waals surface area (Å²) in [4.78, 5) is 26.8. The summed E-state index contributed by atoms with van der Waals surface area (Å²) in [6.45, 7) is -0.813. The number of hydrogen-bond donors (Lipinski definition) is 7. The highest BCUT2D eigenvalue weighted by Crippen LogP contribution is 2.43. The predicted molar refractivity (Wildman–Crippen MR) is 161 cm³/mol. The zero-order chi connectivity index (χ0) is 34.0. The van der Waals surface area contributed by atoms with E-state index < -0.39 is 76.9 Å². The molecule has 1 aliphatic rings. The van der Waals surface area contributed by atoms with Gasteiger partial charge in [0.05, 0.1) is 20.8 Å². The van der Waals surface area contributed by atoms with Crippen LogP contribution in [0.3, 0.4) is 0 Å². The lowest BCUT2D eigenvalue weighted by atomic mass is 9.99. The van der Waals surface area contributed by atoms with Crippen molar-refractivity contribution in [3.8, 4) is 51.6 Å². The summed E-state index contributed by atoms with van der Waals surface area (Å²) in [7, 11) is 2.56. The Morgan fingerprint density at radius 3 is 2.28 bits per heavy atom. The molecule has 248 valence electrons. The summed E-state index contributed by atoms with van der Waals surface area (Å²) in [6.07, 6.45) is -6.50. The molecular formula is C32H30O15. The van der Waals surface area contributed by atoms with Crippen LogP contribution in [0, 0.1) is 0 Å². The number of aliphatic hydroxyl groups is 3. The quantitative estimate of drug-likeness (QED) is 0.0773. The van der Waals surface area contributed by atoms with Crippen LogP contribution in [-0.4, -0.2) is 93.2 Å². The minimum absolute atomic E-state index is 0.130. The summed E-state index contributed by atoms with van der Waals surface area (Å²) in [5.41, 5.74) is -0.957. The summed E-state index contributed by atoms with van der Waals surface area (Å²) >= 11 is 0. The van der Waals surface area contributed by atoms with Crippen molar-refractivity contribution in [3.05, 3.63) is 70.4 Å². The van der Waals surface area contributed by atoms with Gasteiger partial charge < -0.3 is 63.8 Å². The van der Waals surface area contributed by atoms with Gasteiger partial charge in [0.15, 0.2) is 34.7 Å². The summed E-state index contributed by atoms with van der Waals surface area (Å²) in [6, 6.07) is 10.5. The molecule has 1 aliphatic heterocycles. The zero-order valence-corrected chi connectivity index (χ0v) is 24.8. The van der Waals surface area contributed by atoms with Gasteiger partial charge in [-0.25, -0.2) is 4.79 Å². The van der Waals surface area contributed by atoms with E-state index in [0.717, 1.165) is 12.1 Å². The number of methoxy groups -OCH3 is 2. The Morgan fingerprint density at radius 2 is 1.62 bits per heavy atom. The molecule has 4 aromatic rings. The number of fused-ring (bicyclic) bond motifs is 1. The Bertz CT molecular complexity index is 1860. The third-order valence-electron chi connectivity index (χ3n) is 7.32. The topological polar surface area (TPSA) is 235 Å². The third-order valence-corrected chi connectivity index (χ3v) is 7.32. The highest BCUT2D eigenvalue weighted by molar-refractivity contribution is 5.93. The molecule has 1 fully saturated rings. The number of ether oxygens (including phenoxy) is 5. The van der Waals surface area contributed by atoms with E-state index in [1.54, 1.807) is 0 Å². The van der Waals surface area contributed by atoms with E-state index in [-0.39, 0.29) is 34.3 Å². The second-order valence-corrected chi connectivity index (χ2v) is 10.3. The molecule has 0 aliphatic carbocycles. The van der Waals surface area contributed by atoms with Gasteiger partial charge >= 0.3 is 5.97 Å². The number of benzene rings is 3. The van der Waals surface area contributed by atoms with Gasteiger partial charge in [-0.05, 0) is 48.0 Å². The van der Waals surface area contributed by atoms with E-state index in [4.69, 9.17) is 28.1 Å². The maximum Gasteiger partial charge on any atom is 0.331 e. The van der Waals surface area contributed by atoms with E-state index in [2.05, 4.69) is 0 Å². The number of aliphatic hydroxyl groups excluding tert-OH is 3. The average molecular weight is 655 g/mol. The molecule has 0 radical (unpaired) electrons. The number of phenolic OH excluding ortho intramolecular Hbond substituents is 4. The molecule has 7 N–H and O–H groups in total. The van der Waals surface area contributed by atoms with Gasteiger partial charge in [-0.1, -0.05) is 6.07 Å². The second kappa shape index (κ2) is 13.5. The maximum absolute atomic E-state index is 13.9. The maximum atomic E-state index is 13.9. The van der Waals surface area contributed by atoms with Crippen molar-refractivity contribution < 1.29 is 68.6 Å². The normalized spacial score (nSPS) is 21.1. The summed E-state index contributed by atoms with van der Waals surface area (Å²) < 4.78 is 32.9. The van der Waals surface area contributed by atoms with Crippen LogP contribution in [0.5, 0.6) is 40.2 Å². The molecule has 0 bridgehead atoms. The Balaban J connectivity index is 1.57. The fraction of sp³-hybridized carbons (Fsp3) is 0.250. The number of esters is 1. The van der Waals surface area contributed by atoms with Crippen molar-refractivity contribution in [3.63, 3.8) is 0 Å². The van der Waals surface area contributed by atoms with Crippen molar-refractivity contribution >= 4 is 23.0 Å². The van der Waals surface area contributed by atoms with Gasteiger partial charge in [-0.2, -0.15) is 0 Å². The molecule has 1 saturated heterocycles. The Hall–Kier alpha value is -5.48. The minimum atomic E-state index is -1.90. The minimum Gasteiger partial charge on any atom is -0.508 e. The fourth-order valence-corrected chi connectivity index (χ4v) is 4.89. The molecule has 1 aromatic heterocycles. The molecule has 2 heterocycles. The molecule has 15 nitrogen and oxygen atoms in total. The van der Waals surface area contributed by atoms with Crippen LogP contribution < -0.4 is 19.6 Å². The van der Waals surface area contributed by atoms with Crippen molar-refractivity contribution in [1.29, 1.82) is 0 Å². The number of carbonyl (C=O) groups excluding carboxylic acids is 1. The lowest BCUT2D eigenvalue weighted by Crippen LogP contribution is -2.61. The van der Waals surface area contributed by atoms with Crippen LogP contribution >= 0.6 is 0 Å². The highest BCUT2D eigenvalue weighted by Gasteiger charge is 2.48. The molecule has 47 heavy (non-hydrogen) atoms. The molecule has 3 aromatic carbocycles. The standard InChI is InChI=1S/C32H30O15/c1-42-19-11-14(3-9-17(19)35)4-10-22(37)45-31-27(41)24(38)21(13-33)44-32(31)47-30-26(40)23-18(36)12-20(43-2)25(39)29(23)46-28(30)15-5-7-16(34)8-6-15/h3-12,21,24,27,31-36,38-39,41H,13H2,1-2H3/b10-4+/t21-,24-,27+,31+,32+/m1/s1. The first kappa shape index (κ1) is 32.9. The monoisotopic (exact) mass is 654 g/mol. The second-order valence-electron chi connectivity index (χ2n) is 10.3. The first-order valence-corrected chi connectivity index (χ1v) is 13.9. The van der Waals surface area contributed by atoms with Gasteiger partial charge in [0, 0.05) is 17.7 Å². The van der Waals surface area contributed by atoms with Crippen LogP contribution in [0.2, 0.25) is 0 Å². The fourth-order valence-electron chi connectivity index (χ4n) is 4.89. The van der Waals surface area contributed by atoms with Crippen molar-refractivity contribution in [2.45, 2.75) is 30.7 Å². The zero-order valence-electron chi connectivity index (χ0n) is 24.8. The Labute approximate surface area is 265 Å². The smallest absolute Gasteiger partial charge is 0.331 e. The molecular weight excluding hydrogens is 624 g/mol. The first-order valence-electron chi connectivity index (χ1n) is 13.9. The number of carbonyl (C=O) groups is 1. The molecule has 0 saturated carbocycles. The van der Waals surface area contributed by atoms with Gasteiger partial charge in [0.2, 0.25) is 23.2 Å². The third kappa shape index (κ3) is 6.45. The van der Waals surface area contributed by atoms with Crippen LogP contribution in [-0.2, 0) is 14.3 Å². The molecule has 0 unspecified atom stereocenters. The highest BCUT2D eigenvalue weighted by atomic mass is 16.7. The van der Waals surface area contributed by atoms with Gasteiger partial charge in [-0.3, -0.25) is 4.79 Å². The van der Waals surface area contributed by atoms with Crippen molar-refractivity contribution in [2.75, 3.05) is 20.8 Å². The lowest BCUT2D eigenvalue weighted by molar-refractivity contribution is -0.281. The number of hydrogen-bond acceptors (Lipinski definition) is 15. The molecule has 0 spiro atoms. The first-order chi connectivity index (χ1) is 22.5. The predicted octanol–water partition coefficient (Wildman–Crippen LogP) is 1.74. The summed E-state index contributed by atoms with van der Waals surface area (Å²) in [5, 5.41) is 71.8. The van der Waals surface area contributed by atoms with Gasteiger partial charge in [0.1, 0.15) is 35.2 Å². The lowest BCUT2D eigenvalue weighted by Gasteiger charge is -2.41. The molecule has 15 heteroatoms. The van der Waals surface area contributed by atoms with Crippen LogP contribution in [0.25, 0.3) is 28.4 Å². The summed E-state index contributed by atoms with van der Waals surface area (Å²) in [5.74, 6) is -3.67. The molecule has 0 amide bonds.